The predicted octanol–water partition coefficient (Wildman–Crippen LogP) is 2.73. The maximum atomic E-state index is 9.45. The molecule has 1 aliphatic rings. The minimum atomic E-state index is 0.733. The van der Waals surface area contributed by atoms with Gasteiger partial charge in [0.15, 0.2) is 0 Å². The lowest BCUT2D eigenvalue weighted by atomic mass is 9.93. The summed E-state index contributed by atoms with van der Waals surface area (Å²) in [5, 5.41) is 13.7. The van der Waals surface area contributed by atoms with E-state index in [1.165, 1.54) is 17.7 Å². The van der Waals surface area contributed by atoms with Gasteiger partial charge in [0.1, 0.15) is 0 Å². The molecule has 2 aromatic rings. The monoisotopic (exact) mass is 266 g/mol. The van der Waals surface area contributed by atoms with Gasteiger partial charge in [-0.1, -0.05) is 0 Å². The minimum Gasteiger partial charge on any atom is -0.372 e. The Morgan fingerprint density at radius 2 is 2.25 bits per heavy atom. The predicted molar refractivity (Wildman–Crippen MR) is 79.6 cm³/mol. The first-order chi connectivity index (χ1) is 9.72. The van der Waals surface area contributed by atoms with Crippen LogP contribution in [0.1, 0.15) is 24.5 Å². The van der Waals surface area contributed by atoms with E-state index in [4.69, 9.17) is 0 Å². The zero-order valence-electron chi connectivity index (χ0n) is 11.9. The Bertz CT molecular complexity index is 678. The van der Waals surface area contributed by atoms with Crippen LogP contribution in [0, 0.1) is 11.3 Å². The van der Waals surface area contributed by atoms with Crippen molar-refractivity contribution in [3.63, 3.8) is 0 Å². The second kappa shape index (κ2) is 5.01. The number of benzene rings is 1. The maximum Gasteiger partial charge on any atom is 0.0998 e. The number of anilines is 1. The molecule has 1 aliphatic heterocycles. The number of hydrogen-bond donors (Lipinski definition) is 0. The molecular formula is C16H18N4. The average Bonchev–Trinajstić information content (AvgIpc) is 2.91. The average molecular weight is 266 g/mol. The van der Waals surface area contributed by atoms with Crippen molar-refractivity contribution in [1.82, 2.24) is 9.78 Å². The molecular weight excluding hydrogens is 248 g/mol. The number of aromatic nitrogens is 2. The summed E-state index contributed by atoms with van der Waals surface area (Å²) in [5.41, 5.74) is 5.31. The second-order valence-corrected chi connectivity index (χ2v) is 5.22. The van der Waals surface area contributed by atoms with E-state index in [2.05, 4.69) is 29.1 Å². The smallest absolute Gasteiger partial charge is 0.0998 e. The fraction of sp³-hybridized carbons (Fsp3) is 0.375. The number of fused-ring (bicyclic) bond motifs is 1. The molecule has 2 heterocycles. The van der Waals surface area contributed by atoms with Crippen molar-refractivity contribution in [2.75, 3.05) is 18.0 Å². The Kier molecular flexibility index (Phi) is 3.19. The number of nitrogens with zero attached hydrogens (tertiary/aromatic N) is 4. The lowest BCUT2D eigenvalue weighted by molar-refractivity contribution is 0.708. The Hall–Kier alpha value is -2.28. The highest BCUT2D eigenvalue weighted by Crippen LogP contribution is 2.34. The van der Waals surface area contributed by atoms with Gasteiger partial charge in [0.2, 0.25) is 0 Å². The molecule has 0 radical (unpaired) electrons. The highest BCUT2D eigenvalue weighted by atomic mass is 15.2. The summed E-state index contributed by atoms with van der Waals surface area (Å²) in [4.78, 5) is 2.35. The molecule has 1 aromatic heterocycles. The van der Waals surface area contributed by atoms with Crippen molar-refractivity contribution in [3.05, 3.63) is 35.7 Å². The first-order valence-corrected chi connectivity index (χ1v) is 7.04. The van der Waals surface area contributed by atoms with Crippen LogP contribution >= 0.6 is 0 Å². The number of rotatable bonds is 2. The Labute approximate surface area is 119 Å². The van der Waals surface area contributed by atoms with Gasteiger partial charge in [0.25, 0.3) is 0 Å². The zero-order valence-corrected chi connectivity index (χ0v) is 11.9. The van der Waals surface area contributed by atoms with Gasteiger partial charge in [-0.05, 0) is 37.5 Å². The van der Waals surface area contributed by atoms with Gasteiger partial charge >= 0.3 is 0 Å². The Balaban J connectivity index is 2.15. The third-order valence-electron chi connectivity index (χ3n) is 3.95. The molecule has 0 saturated carbocycles. The third-order valence-corrected chi connectivity index (χ3v) is 3.95. The molecule has 0 unspecified atom stereocenters. The van der Waals surface area contributed by atoms with E-state index in [1.54, 1.807) is 4.68 Å². The molecule has 0 N–H and O–H groups in total. The zero-order chi connectivity index (χ0) is 14.1. The molecule has 0 spiro atoms. The van der Waals surface area contributed by atoms with Crippen molar-refractivity contribution in [3.8, 4) is 17.2 Å². The molecule has 1 aromatic carbocycles. The molecule has 0 saturated heterocycles. The fourth-order valence-electron chi connectivity index (χ4n) is 2.93. The van der Waals surface area contributed by atoms with Crippen molar-refractivity contribution in [1.29, 1.82) is 5.26 Å². The summed E-state index contributed by atoms with van der Waals surface area (Å²) >= 11 is 0. The molecule has 0 atom stereocenters. The van der Waals surface area contributed by atoms with Crippen molar-refractivity contribution >= 4 is 5.69 Å². The highest BCUT2D eigenvalue weighted by Gasteiger charge is 2.19. The van der Waals surface area contributed by atoms with E-state index >= 15 is 0 Å². The third kappa shape index (κ3) is 2.05. The summed E-state index contributed by atoms with van der Waals surface area (Å²) in [6, 6.07) is 6.55. The summed E-state index contributed by atoms with van der Waals surface area (Å²) in [6.45, 7) is 4.24. The topological polar surface area (TPSA) is 44.9 Å². The van der Waals surface area contributed by atoms with E-state index in [-0.39, 0.29) is 0 Å². The molecule has 0 bridgehead atoms. The molecule has 4 heteroatoms. The Morgan fingerprint density at radius 1 is 1.40 bits per heavy atom. The first kappa shape index (κ1) is 12.7. The standard InChI is InChI=1S/C16H18N4/c1-3-20-6-4-5-12-7-15(13(9-17)8-16(12)20)14-10-18-19(2)11-14/h7-8,10-11H,3-6H2,1-2H3. The van der Waals surface area contributed by atoms with E-state index in [1.807, 2.05) is 25.5 Å². The van der Waals surface area contributed by atoms with Crippen LogP contribution in [0.2, 0.25) is 0 Å². The van der Waals surface area contributed by atoms with Crippen LogP contribution < -0.4 is 4.90 Å². The molecule has 0 fully saturated rings. The van der Waals surface area contributed by atoms with Crippen LogP contribution in [0.5, 0.6) is 0 Å². The largest absolute Gasteiger partial charge is 0.372 e. The van der Waals surface area contributed by atoms with Crippen LogP contribution in [0.15, 0.2) is 24.5 Å². The second-order valence-electron chi connectivity index (χ2n) is 5.22. The molecule has 0 amide bonds. The SMILES string of the molecule is CCN1CCCc2cc(-c3cnn(C)c3)c(C#N)cc21. The van der Waals surface area contributed by atoms with E-state index < -0.39 is 0 Å². The van der Waals surface area contributed by atoms with Crippen LogP contribution in [0.4, 0.5) is 5.69 Å². The van der Waals surface area contributed by atoms with Gasteiger partial charge in [0, 0.05) is 43.1 Å². The lowest BCUT2D eigenvalue weighted by Crippen LogP contribution is -2.29. The van der Waals surface area contributed by atoms with Crippen LogP contribution in [-0.2, 0) is 13.5 Å². The Morgan fingerprint density at radius 3 is 2.90 bits per heavy atom. The van der Waals surface area contributed by atoms with E-state index in [0.29, 0.717) is 0 Å². The lowest BCUT2D eigenvalue weighted by Gasteiger charge is -2.31. The van der Waals surface area contributed by atoms with Crippen LogP contribution in [0.25, 0.3) is 11.1 Å². The minimum absolute atomic E-state index is 0.733. The van der Waals surface area contributed by atoms with Crippen molar-refractivity contribution in [2.45, 2.75) is 19.8 Å². The quantitative estimate of drug-likeness (QED) is 0.839. The van der Waals surface area contributed by atoms with Gasteiger partial charge in [-0.25, -0.2) is 0 Å². The van der Waals surface area contributed by atoms with Gasteiger partial charge in [-0.2, -0.15) is 10.4 Å². The van der Waals surface area contributed by atoms with Crippen LogP contribution in [-0.4, -0.2) is 22.9 Å². The summed E-state index contributed by atoms with van der Waals surface area (Å²) in [5.74, 6) is 0. The van der Waals surface area contributed by atoms with Gasteiger partial charge < -0.3 is 4.90 Å². The molecule has 102 valence electrons. The van der Waals surface area contributed by atoms with E-state index in [9.17, 15) is 5.26 Å². The van der Waals surface area contributed by atoms with Crippen molar-refractivity contribution < 1.29 is 0 Å². The molecule has 4 nitrogen and oxygen atoms in total. The van der Waals surface area contributed by atoms with Gasteiger partial charge in [-0.3, -0.25) is 4.68 Å². The fourth-order valence-corrected chi connectivity index (χ4v) is 2.93. The van der Waals surface area contributed by atoms with Gasteiger partial charge in [-0.15, -0.1) is 0 Å². The maximum absolute atomic E-state index is 9.45. The van der Waals surface area contributed by atoms with Crippen LogP contribution in [0.3, 0.4) is 0 Å². The molecule has 3 rings (SSSR count). The van der Waals surface area contributed by atoms with Gasteiger partial charge in [0.05, 0.1) is 17.8 Å². The molecule has 0 aliphatic carbocycles. The molecule has 20 heavy (non-hydrogen) atoms. The summed E-state index contributed by atoms with van der Waals surface area (Å²) in [6.07, 6.45) is 6.05. The summed E-state index contributed by atoms with van der Waals surface area (Å²) in [7, 11) is 1.90. The normalized spacial score (nSPS) is 13.9. The van der Waals surface area contributed by atoms with E-state index in [0.717, 1.165) is 36.2 Å². The first-order valence-electron chi connectivity index (χ1n) is 7.04. The highest BCUT2D eigenvalue weighted by molar-refractivity contribution is 5.75. The number of hydrogen-bond acceptors (Lipinski definition) is 3. The summed E-state index contributed by atoms with van der Waals surface area (Å²) < 4.78 is 1.77. The number of aryl methyl sites for hydroxylation is 2. The number of nitriles is 1. The van der Waals surface area contributed by atoms with Crippen molar-refractivity contribution in [2.24, 2.45) is 7.05 Å².